The van der Waals surface area contributed by atoms with Crippen LogP contribution in [0.1, 0.15) is 18.1 Å². The van der Waals surface area contributed by atoms with E-state index in [0.29, 0.717) is 29.5 Å². The fourth-order valence-electron chi connectivity index (χ4n) is 1.83. The van der Waals surface area contributed by atoms with Gasteiger partial charge < -0.3 is 9.47 Å². The molecule has 0 amide bonds. The Kier molecular flexibility index (Phi) is 5.88. The van der Waals surface area contributed by atoms with Gasteiger partial charge in [-0.05, 0) is 42.8 Å². The van der Waals surface area contributed by atoms with E-state index in [1.54, 1.807) is 18.2 Å². The average Bonchev–Trinajstić information content (AvgIpc) is 2.49. The zero-order valence-electron chi connectivity index (χ0n) is 11.5. The van der Waals surface area contributed by atoms with E-state index in [-0.39, 0.29) is 12.4 Å². The molecule has 5 heteroatoms. The molecule has 2 nitrogen and oxygen atoms in total. The maximum atomic E-state index is 13.7. The van der Waals surface area contributed by atoms with Crippen molar-refractivity contribution in [3.63, 3.8) is 0 Å². The highest BCUT2D eigenvalue weighted by Gasteiger charge is 2.09. The molecule has 0 bridgehead atoms. The molecule has 0 fully saturated rings. The standard InChI is InChI=1S/C16H15BrClFO2/c1-2-20-16-7-11(9-18)3-6-15(16)21-10-12-8-13(17)4-5-14(12)19/h3-8H,2,9-10H2,1H3. The van der Waals surface area contributed by atoms with Gasteiger partial charge in [-0.15, -0.1) is 11.6 Å². The first kappa shape index (κ1) is 16.1. The molecule has 0 aromatic heterocycles. The zero-order chi connectivity index (χ0) is 15.2. The van der Waals surface area contributed by atoms with Crippen molar-refractivity contribution in [2.24, 2.45) is 0 Å². The summed E-state index contributed by atoms with van der Waals surface area (Å²) in [7, 11) is 0. The first-order valence-electron chi connectivity index (χ1n) is 6.52. The first-order chi connectivity index (χ1) is 10.1. The summed E-state index contributed by atoms with van der Waals surface area (Å²) in [5, 5.41) is 0. The minimum absolute atomic E-state index is 0.131. The molecule has 0 heterocycles. The number of rotatable bonds is 6. The van der Waals surface area contributed by atoms with Crippen LogP contribution in [0.15, 0.2) is 40.9 Å². The van der Waals surface area contributed by atoms with Crippen molar-refractivity contribution < 1.29 is 13.9 Å². The van der Waals surface area contributed by atoms with Crippen LogP contribution in [0.25, 0.3) is 0 Å². The van der Waals surface area contributed by atoms with Crippen LogP contribution in [0.5, 0.6) is 11.5 Å². The third kappa shape index (κ3) is 4.35. The normalized spacial score (nSPS) is 10.5. The summed E-state index contributed by atoms with van der Waals surface area (Å²) in [5.41, 5.74) is 1.43. The molecule has 0 aliphatic carbocycles. The van der Waals surface area contributed by atoms with Crippen molar-refractivity contribution in [1.82, 2.24) is 0 Å². The van der Waals surface area contributed by atoms with Crippen molar-refractivity contribution in [2.45, 2.75) is 19.4 Å². The Bertz CT molecular complexity index is 619. The van der Waals surface area contributed by atoms with Crippen LogP contribution in [0, 0.1) is 5.82 Å². The van der Waals surface area contributed by atoms with E-state index in [9.17, 15) is 4.39 Å². The predicted molar refractivity (Wildman–Crippen MR) is 85.6 cm³/mol. The van der Waals surface area contributed by atoms with E-state index in [0.717, 1.165) is 10.0 Å². The maximum absolute atomic E-state index is 13.7. The van der Waals surface area contributed by atoms with Crippen LogP contribution in [-0.4, -0.2) is 6.61 Å². The number of ether oxygens (including phenoxy) is 2. The van der Waals surface area contributed by atoms with Gasteiger partial charge in [-0.2, -0.15) is 0 Å². The zero-order valence-corrected chi connectivity index (χ0v) is 13.9. The van der Waals surface area contributed by atoms with Gasteiger partial charge >= 0.3 is 0 Å². The van der Waals surface area contributed by atoms with E-state index >= 15 is 0 Å². The van der Waals surface area contributed by atoms with E-state index < -0.39 is 0 Å². The number of benzene rings is 2. The lowest BCUT2D eigenvalue weighted by Gasteiger charge is -2.13. The Balaban J connectivity index is 2.17. The number of hydrogen-bond acceptors (Lipinski definition) is 2. The molecular weight excluding hydrogens is 359 g/mol. The Morgan fingerprint density at radius 2 is 1.90 bits per heavy atom. The third-order valence-electron chi connectivity index (χ3n) is 2.85. The molecule has 0 saturated carbocycles. The lowest BCUT2D eigenvalue weighted by atomic mass is 10.2. The van der Waals surface area contributed by atoms with Gasteiger partial charge in [0.05, 0.1) is 6.61 Å². The van der Waals surface area contributed by atoms with Gasteiger partial charge in [0.2, 0.25) is 0 Å². The lowest BCUT2D eigenvalue weighted by Crippen LogP contribution is -2.02. The topological polar surface area (TPSA) is 18.5 Å². The minimum atomic E-state index is -0.298. The van der Waals surface area contributed by atoms with E-state index in [2.05, 4.69) is 15.9 Å². The molecule has 0 radical (unpaired) electrons. The lowest BCUT2D eigenvalue weighted by molar-refractivity contribution is 0.265. The summed E-state index contributed by atoms with van der Waals surface area (Å²) in [4.78, 5) is 0. The largest absolute Gasteiger partial charge is 0.490 e. The molecule has 0 saturated heterocycles. The van der Waals surface area contributed by atoms with Gasteiger partial charge in [-0.1, -0.05) is 22.0 Å². The van der Waals surface area contributed by atoms with E-state index in [4.69, 9.17) is 21.1 Å². The van der Waals surface area contributed by atoms with E-state index in [1.165, 1.54) is 6.07 Å². The molecular formula is C16H15BrClFO2. The number of alkyl halides is 1. The predicted octanol–water partition coefficient (Wildman–Crippen LogP) is 5.30. The summed E-state index contributed by atoms with van der Waals surface area (Å²) in [6.07, 6.45) is 0. The Labute approximate surface area is 137 Å². The molecule has 0 aliphatic heterocycles. The SMILES string of the molecule is CCOc1cc(CCl)ccc1OCc1cc(Br)ccc1F. The quantitative estimate of drug-likeness (QED) is 0.639. The molecule has 0 aliphatic rings. The molecule has 0 spiro atoms. The highest BCUT2D eigenvalue weighted by Crippen LogP contribution is 2.30. The van der Waals surface area contributed by atoms with Crippen molar-refractivity contribution in [3.8, 4) is 11.5 Å². The number of halogens is 3. The Morgan fingerprint density at radius 1 is 1.10 bits per heavy atom. The summed E-state index contributed by atoms with van der Waals surface area (Å²) in [6.45, 7) is 2.55. The van der Waals surface area contributed by atoms with Gasteiger partial charge in [0.1, 0.15) is 12.4 Å². The Morgan fingerprint density at radius 3 is 2.62 bits per heavy atom. The van der Waals surface area contributed by atoms with Crippen LogP contribution in [0.4, 0.5) is 4.39 Å². The fourth-order valence-corrected chi connectivity index (χ4v) is 2.41. The van der Waals surface area contributed by atoms with Crippen molar-refractivity contribution in [3.05, 3.63) is 57.8 Å². The van der Waals surface area contributed by atoms with Gasteiger partial charge in [0.15, 0.2) is 11.5 Å². The van der Waals surface area contributed by atoms with Gasteiger partial charge in [-0.25, -0.2) is 4.39 Å². The minimum Gasteiger partial charge on any atom is -0.490 e. The molecule has 21 heavy (non-hydrogen) atoms. The van der Waals surface area contributed by atoms with Crippen LogP contribution in [0.3, 0.4) is 0 Å². The molecule has 0 N–H and O–H groups in total. The highest BCUT2D eigenvalue weighted by molar-refractivity contribution is 9.10. The summed E-state index contributed by atoms with van der Waals surface area (Å²) in [6, 6.07) is 10.2. The fraction of sp³-hybridized carbons (Fsp3) is 0.250. The second kappa shape index (κ2) is 7.66. The summed E-state index contributed by atoms with van der Waals surface area (Å²) >= 11 is 9.13. The summed E-state index contributed by atoms with van der Waals surface area (Å²) < 4.78 is 25.7. The van der Waals surface area contributed by atoms with Crippen molar-refractivity contribution in [2.75, 3.05) is 6.61 Å². The molecule has 2 aromatic carbocycles. The number of hydrogen-bond donors (Lipinski definition) is 0. The van der Waals surface area contributed by atoms with Gasteiger partial charge in [0, 0.05) is 15.9 Å². The first-order valence-corrected chi connectivity index (χ1v) is 7.85. The van der Waals surface area contributed by atoms with Gasteiger partial charge in [0.25, 0.3) is 0 Å². The van der Waals surface area contributed by atoms with Crippen LogP contribution in [0.2, 0.25) is 0 Å². The molecule has 2 aromatic rings. The maximum Gasteiger partial charge on any atom is 0.161 e. The second-order valence-corrected chi connectivity index (χ2v) is 5.56. The third-order valence-corrected chi connectivity index (χ3v) is 3.66. The Hall–Kier alpha value is -1.26. The monoisotopic (exact) mass is 372 g/mol. The smallest absolute Gasteiger partial charge is 0.161 e. The van der Waals surface area contributed by atoms with Gasteiger partial charge in [-0.3, -0.25) is 0 Å². The van der Waals surface area contributed by atoms with Crippen LogP contribution in [-0.2, 0) is 12.5 Å². The molecule has 112 valence electrons. The molecule has 0 unspecified atom stereocenters. The molecule has 0 atom stereocenters. The van der Waals surface area contributed by atoms with Crippen molar-refractivity contribution in [1.29, 1.82) is 0 Å². The van der Waals surface area contributed by atoms with E-state index in [1.807, 2.05) is 19.1 Å². The highest BCUT2D eigenvalue weighted by atomic mass is 79.9. The average molecular weight is 374 g/mol. The second-order valence-electron chi connectivity index (χ2n) is 4.37. The van der Waals surface area contributed by atoms with Crippen LogP contribution < -0.4 is 9.47 Å². The van der Waals surface area contributed by atoms with Crippen molar-refractivity contribution >= 4 is 27.5 Å². The molecule has 2 rings (SSSR count). The van der Waals surface area contributed by atoms with Crippen LogP contribution >= 0.6 is 27.5 Å². The summed E-state index contributed by atoms with van der Waals surface area (Å²) in [5.74, 6) is 1.30.